The summed E-state index contributed by atoms with van der Waals surface area (Å²) in [6, 6.07) is 34.3. The molecule has 0 aliphatic rings. The van der Waals surface area contributed by atoms with Gasteiger partial charge in [0.1, 0.15) is 16.8 Å². The first kappa shape index (κ1) is 22.8. The number of benzene rings is 3. The van der Waals surface area contributed by atoms with Crippen molar-refractivity contribution in [1.29, 1.82) is 0 Å². The molecule has 0 radical (unpaired) electrons. The van der Waals surface area contributed by atoms with Crippen LogP contribution in [-0.4, -0.2) is 16.8 Å². The third kappa shape index (κ3) is 4.74. The summed E-state index contributed by atoms with van der Waals surface area (Å²) in [7, 11) is -1.81. The third-order valence-corrected chi connectivity index (χ3v) is 9.91. The van der Waals surface area contributed by atoms with Gasteiger partial charge < -0.3 is 17.0 Å². The van der Waals surface area contributed by atoms with Crippen molar-refractivity contribution in [3.05, 3.63) is 96.6 Å². The molecule has 28 heavy (non-hydrogen) atoms. The van der Waals surface area contributed by atoms with Crippen molar-refractivity contribution in [2.75, 3.05) is 0 Å². The van der Waals surface area contributed by atoms with Crippen molar-refractivity contribution in [1.82, 2.24) is 4.67 Å². The van der Waals surface area contributed by atoms with Gasteiger partial charge in [-0.25, -0.2) is 0 Å². The Labute approximate surface area is 182 Å². The third-order valence-electron chi connectivity index (χ3n) is 5.07. The molecule has 0 N–H and O–H groups in total. The van der Waals surface area contributed by atoms with Gasteiger partial charge in [0.05, 0.1) is 0 Å². The molecule has 0 fully saturated rings. The second-order valence-electron chi connectivity index (χ2n) is 7.65. The number of halogens is 1. The number of nitrogens with zero attached hydrogens (tertiary/aromatic N) is 1. The van der Waals surface area contributed by atoms with E-state index in [1.807, 2.05) is 0 Å². The van der Waals surface area contributed by atoms with Crippen LogP contribution >= 0.6 is 7.41 Å². The molecule has 3 aromatic carbocycles. The van der Waals surface area contributed by atoms with E-state index < -0.39 is 7.41 Å². The standard InChI is InChI=1S/C25H31NP.BrH/c1-21(2)26(22(3)4)27(24-16-10-6-11-17-24,25-18-12-7-13-19-25)20-23-14-8-5-9-15-23;/h5-19,21-22H,20H2,1-4H3;1H/q+1;/p-1. The van der Waals surface area contributed by atoms with E-state index in [1.54, 1.807) is 0 Å². The lowest BCUT2D eigenvalue weighted by Crippen LogP contribution is -3.00. The van der Waals surface area contributed by atoms with Crippen LogP contribution in [0, 0.1) is 0 Å². The van der Waals surface area contributed by atoms with Crippen molar-refractivity contribution < 1.29 is 17.0 Å². The molecule has 3 aromatic rings. The summed E-state index contributed by atoms with van der Waals surface area (Å²) in [5.74, 6) is 0. The highest BCUT2D eigenvalue weighted by atomic mass is 79.9. The maximum Gasteiger partial charge on any atom is 0.153 e. The Hall–Kier alpha value is -1.47. The number of hydrogen-bond donors (Lipinski definition) is 0. The van der Waals surface area contributed by atoms with Crippen LogP contribution in [0.25, 0.3) is 0 Å². The molecule has 0 amide bonds. The molecule has 1 nitrogen and oxygen atoms in total. The molecule has 0 aliphatic heterocycles. The first-order chi connectivity index (χ1) is 13.1. The summed E-state index contributed by atoms with van der Waals surface area (Å²) in [5.41, 5.74) is 1.41. The molecule has 0 saturated carbocycles. The smallest absolute Gasteiger partial charge is 0.153 e. The lowest BCUT2D eigenvalue weighted by molar-refractivity contribution is -0.00000634. The van der Waals surface area contributed by atoms with E-state index in [2.05, 4.69) is 123 Å². The zero-order chi connectivity index (χ0) is 19.3. The SMILES string of the molecule is CC(C)N(C(C)C)[P+](Cc1ccccc1)(c1ccccc1)c1ccccc1.[Br-]. The fourth-order valence-electron chi connectivity index (χ4n) is 4.26. The van der Waals surface area contributed by atoms with E-state index in [4.69, 9.17) is 0 Å². The van der Waals surface area contributed by atoms with Gasteiger partial charge in [-0.2, -0.15) is 4.67 Å². The Bertz CT molecular complexity index is 771. The first-order valence-electron chi connectivity index (χ1n) is 9.87. The second-order valence-corrected chi connectivity index (χ2v) is 11.0. The fourth-order valence-corrected chi connectivity index (χ4v) is 9.27. The minimum Gasteiger partial charge on any atom is -1.00 e. The van der Waals surface area contributed by atoms with Crippen LogP contribution in [0.2, 0.25) is 0 Å². The van der Waals surface area contributed by atoms with Gasteiger partial charge in [-0.3, -0.25) is 0 Å². The van der Waals surface area contributed by atoms with Gasteiger partial charge in [-0.05, 0) is 57.5 Å². The minimum atomic E-state index is -1.81. The van der Waals surface area contributed by atoms with Crippen LogP contribution in [0.15, 0.2) is 91.0 Å². The first-order valence-corrected chi connectivity index (χ1v) is 11.8. The molecular formula is C25H31BrNP. The Morgan fingerprint density at radius 2 is 0.964 bits per heavy atom. The topological polar surface area (TPSA) is 3.24 Å². The molecule has 3 heteroatoms. The van der Waals surface area contributed by atoms with E-state index in [0.29, 0.717) is 12.1 Å². The van der Waals surface area contributed by atoms with E-state index in [1.165, 1.54) is 16.2 Å². The van der Waals surface area contributed by atoms with Gasteiger partial charge in [-0.15, -0.1) is 0 Å². The Kier molecular flexibility index (Phi) is 8.43. The van der Waals surface area contributed by atoms with Gasteiger partial charge in [-0.1, -0.05) is 66.7 Å². The summed E-state index contributed by atoms with van der Waals surface area (Å²) in [4.78, 5) is 0. The summed E-state index contributed by atoms with van der Waals surface area (Å²) in [6.07, 6.45) is 1.05. The molecule has 148 valence electrons. The second kappa shape index (κ2) is 10.3. The molecule has 3 rings (SSSR count). The number of rotatable bonds is 7. The zero-order valence-corrected chi connectivity index (χ0v) is 19.8. The summed E-state index contributed by atoms with van der Waals surface area (Å²) in [5, 5.41) is 2.92. The van der Waals surface area contributed by atoms with Crippen molar-refractivity contribution >= 4 is 18.0 Å². The highest BCUT2D eigenvalue weighted by Crippen LogP contribution is 2.64. The van der Waals surface area contributed by atoms with Crippen LogP contribution in [0.4, 0.5) is 0 Å². The molecule has 0 spiro atoms. The summed E-state index contributed by atoms with van der Waals surface area (Å²) < 4.78 is 2.78. The fraction of sp³-hybridized carbons (Fsp3) is 0.280. The Balaban J connectivity index is 0.00000280. The highest BCUT2D eigenvalue weighted by molar-refractivity contribution is 7.86. The lowest BCUT2D eigenvalue weighted by Gasteiger charge is -2.41. The molecule has 0 saturated heterocycles. The maximum absolute atomic E-state index is 2.78. The molecule has 0 bridgehead atoms. The van der Waals surface area contributed by atoms with Crippen molar-refractivity contribution in [3.63, 3.8) is 0 Å². The zero-order valence-electron chi connectivity index (χ0n) is 17.3. The van der Waals surface area contributed by atoms with Gasteiger partial charge >= 0.3 is 0 Å². The summed E-state index contributed by atoms with van der Waals surface area (Å²) in [6.45, 7) is 9.36. The molecular weight excluding hydrogens is 425 g/mol. The monoisotopic (exact) mass is 455 g/mol. The molecule has 0 aromatic heterocycles. The van der Waals surface area contributed by atoms with Crippen LogP contribution in [0.3, 0.4) is 0 Å². The Morgan fingerprint density at radius 3 is 1.32 bits per heavy atom. The van der Waals surface area contributed by atoms with Crippen molar-refractivity contribution in [2.24, 2.45) is 0 Å². The van der Waals surface area contributed by atoms with Crippen LogP contribution in [0.1, 0.15) is 33.3 Å². The molecule has 0 atom stereocenters. The lowest BCUT2D eigenvalue weighted by atomic mass is 10.2. The van der Waals surface area contributed by atoms with Crippen molar-refractivity contribution in [3.8, 4) is 0 Å². The normalized spacial score (nSPS) is 11.7. The number of hydrogen-bond acceptors (Lipinski definition) is 1. The van der Waals surface area contributed by atoms with Crippen molar-refractivity contribution in [2.45, 2.75) is 45.9 Å². The van der Waals surface area contributed by atoms with Gasteiger partial charge in [0, 0.05) is 12.1 Å². The minimum absolute atomic E-state index is 0. The van der Waals surface area contributed by atoms with E-state index >= 15 is 0 Å². The van der Waals surface area contributed by atoms with Crippen LogP contribution in [-0.2, 0) is 6.16 Å². The van der Waals surface area contributed by atoms with E-state index in [9.17, 15) is 0 Å². The average Bonchev–Trinajstić information content (AvgIpc) is 2.69. The van der Waals surface area contributed by atoms with E-state index in [0.717, 1.165) is 6.16 Å². The van der Waals surface area contributed by atoms with Gasteiger partial charge in [0.15, 0.2) is 7.41 Å². The molecule has 0 aliphatic carbocycles. The van der Waals surface area contributed by atoms with Gasteiger partial charge in [0.2, 0.25) is 0 Å². The quantitative estimate of drug-likeness (QED) is 0.495. The van der Waals surface area contributed by atoms with Gasteiger partial charge in [0.25, 0.3) is 0 Å². The van der Waals surface area contributed by atoms with Crippen LogP contribution < -0.4 is 27.6 Å². The highest BCUT2D eigenvalue weighted by Gasteiger charge is 2.51. The van der Waals surface area contributed by atoms with Crippen LogP contribution in [0.5, 0.6) is 0 Å². The maximum atomic E-state index is 2.78. The molecule has 0 unspecified atom stereocenters. The predicted molar refractivity (Wildman–Crippen MR) is 121 cm³/mol. The van der Waals surface area contributed by atoms with E-state index in [-0.39, 0.29) is 17.0 Å². The summed E-state index contributed by atoms with van der Waals surface area (Å²) >= 11 is 0. The Morgan fingerprint density at radius 1 is 0.607 bits per heavy atom. The average molecular weight is 456 g/mol. The molecule has 0 heterocycles. The predicted octanol–water partition coefficient (Wildman–Crippen LogP) is 2.89. The largest absolute Gasteiger partial charge is 1.00 e.